The Morgan fingerprint density at radius 1 is 1.05 bits per heavy atom. The Hall–Kier alpha value is -1.87. The summed E-state index contributed by atoms with van der Waals surface area (Å²) in [5, 5.41) is 0. The van der Waals surface area contributed by atoms with E-state index in [9.17, 15) is 0 Å². The van der Waals surface area contributed by atoms with E-state index < -0.39 is 0 Å². The van der Waals surface area contributed by atoms with E-state index in [1.807, 2.05) is 6.07 Å². The number of hydrogen-bond acceptors (Lipinski definition) is 2. The van der Waals surface area contributed by atoms with Crippen LogP contribution in [-0.4, -0.2) is 11.5 Å². The molecule has 0 amide bonds. The molecule has 2 nitrogen and oxygen atoms in total. The molecule has 2 aromatic rings. The summed E-state index contributed by atoms with van der Waals surface area (Å²) in [5.41, 5.74) is 10.8. The first kappa shape index (κ1) is 15.5. The lowest BCUT2D eigenvalue weighted by molar-refractivity contribution is 0.805. The number of nitrogens with two attached hydrogens (primary N) is 1. The van der Waals surface area contributed by atoms with Crippen molar-refractivity contribution in [2.24, 2.45) is 5.73 Å². The molecule has 110 valence electrons. The van der Waals surface area contributed by atoms with Crippen molar-refractivity contribution in [2.75, 3.05) is 11.4 Å². The molecule has 2 aromatic carbocycles. The summed E-state index contributed by atoms with van der Waals surface area (Å²) in [5.74, 6) is 0. The fraction of sp³-hybridized carbons (Fsp3) is 0.278. The third-order valence-electron chi connectivity index (χ3n) is 3.40. The standard InChI is InChI=1S/C18H22N2S/c1-14-10-15(2)12-16(11-14)13-20(9-8-18(19)21)17-6-4-3-5-7-17/h3-7,10-12H,8-9,13H2,1-2H3,(H2,19,21). The minimum atomic E-state index is 0.566. The quantitative estimate of drug-likeness (QED) is 0.818. The van der Waals surface area contributed by atoms with Crippen molar-refractivity contribution in [3.63, 3.8) is 0 Å². The van der Waals surface area contributed by atoms with Gasteiger partial charge in [-0.15, -0.1) is 0 Å². The molecule has 0 spiro atoms. The van der Waals surface area contributed by atoms with Crippen molar-refractivity contribution in [1.82, 2.24) is 0 Å². The van der Waals surface area contributed by atoms with Crippen molar-refractivity contribution < 1.29 is 0 Å². The van der Waals surface area contributed by atoms with Crippen LogP contribution in [0.2, 0.25) is 0 Å². The summed E-state index contributed by atoms with van der Waals surface area (Å²) in [6.07, 6.45) is 0.731. The van der Waals surface area contributed by atoms with Gasteiger partial charge in [-0.1, -0.05) is 59.7 Å². The minimum absolute atomic E-state index is 0.566. The molecule has 0 aliphatic rings. The Labute approximate surface area is 132 Å². The first-order chi connectivity index (χ1) is 10.0. The lowest BCUT2D eigenvalue weighted by Crippen LogP contribution is -2.27. The van der Waals surface area contributed by atoms with Crippen molar-refractivity contribution in [2.45, 2.75) is 26.8 Å². The number of thiocarbonyl (C=S) groups is 1. The number of para-hydroxylation sites is 1. The van der Waals surface area contributed by atoms with Gasteiger partial charge in [0.15, 0.2) is 0 Å². The van der Waals surface area contributed by atoms with E-state index in [4.69, 9.17) is 18.0 Å². The Bertz CT molecular complexity index is 588. The maximum atomic E-state index is 5.67. The van der Waals surface area contributed by atoms with Crippen LogP contribution in [0.5, 0.6) is 0 Å². The summed E-state index contributed by atoms with van der Waals surface area (Å²) in [7, 11) is 0. The molecule has 0 atom stereocenters. The van der Waals surface area contributed by atoms with Crippen molar-refractivity contribution >= 4 is 22.9 Å². The van der Waals surface area contributed by atoms with Crippen LogP contribution >= 0.6 is 12.2 Å². The maximum Gasteiger partial charge on any atom is 0.0745 e. The summed E-state index contributed by atoms with van der Waals surface area (Å²) < 4.78 is 0. The van der Waals surface area contributed by atoms with E-state index in [0.717, 1.165) is 19.5 Å². The van der Waals surface area contributed by atoms with E-state index in [1.165, 1.54) is 22.4 Å². The molecular weight excluding hydrogens is 276 g/mol. The second-order valence-corrected chi connectivity index (χ2v) is 5.99. The number of anilines is 1. The van der Waals surface area contributed by atoms with Crippen molar-refractivity contribution in [3.8, 4) is 0 Å². The van der Waals surface area contributed by atoms with Crippen LogP contribution < -0.4 is 10.6 Å². The summed E-state index contributed by atoms with van der Waals surface area (Å²) in [6, 6.07) is 17.1. The van der Waals surface area contributed by atoms with Crippen LogP contribution in [0.15, 0.2) is 48.5 Å². The highest BCUT2D eigenvalue weighted by molar-refractivity contribution is 7.80. The fourth-order valence-corrected chi connectivity index (χ4v) is 2.66. The molecule has 2 N–H and O–H groups in total. The molecule has 0 bridgehead atoms. The zero-order valence-electron chi connectivity index (χ0n) is 12.7. The first-order valence-electron chi connectivity index (χ1n) is 7.20. The van der Waals surface area contributed by atoms with Gasteiger partial charge in [-0.05, 0) is 31.5 Å². The lowest BCUT2D eigenvalue weighted by atomic mass is 10.1. The predicted octanol–water partition coefficient (Wildman–Crippen LogP) is 3.99. The van der Waals surface area contributed by atoms with Gasteiger partial charge in [0.05, 0.1) is 4.99 Å². The molecule has 0 fully saturated rings. The highest BCUT2D eigenvalue weighted by atomic mass is 32.1. The topological polar surface area (TPSA) is 29.3 Å². The van der Waals surface area contributed by atoms with Gasteiger partial charge in [0.1, 0.15) is 0 Å². The highest BCUT2D eigenvalue weighted by Gasteiger charge is 2.08. The molecule has 0 aliphatic carbocycles. The minimum Gasteiger partial charge on any atom is -0.393 e. The zero-order valence-corrected chi connectivity index (χ0v) is 13.5. The van der Waals surface area contributed by atoms with Crippen LogP contribution in [0.1, 0.15) is 23.1 Å². The Morgan fingerprint density at radius 2 is 1.67 bits per heavy atom. The van der Waals surface area contributed by atoms with Crippen LogP contribution in [0.3, 0.4) is 0 Å². The third-order valence-corrected chi connectivity index (χ3v) is 3.61. The number of benzene rings is 2. The molecular formula is C18H22N2S. The Balaban J connectivity index is 2.20. The van der Waals surface area contributed by atoms with Crippen LogP contribution in [0, 0.1) is 13.8 Å². The van der Waals surface area contributed by atoms with E-state index in [0.29, 0.717) is 4.99 Å². The van der Waals surface area contributed by atoms with Gasteiger partial charge in [0.2, 0.25) is 0 Å². The Kier molecular flexibility index (Phi) is 5.34. The lowest BCUT2D eigenvalue weighted by Gasteiger charge is -2.25. The van der Waals surface area contributed by atoms with Crippen LogP contribution in [0.25, 0.3) is 0 Å². The van der Waals surface area contributed by atoms with Gasteiger partial charge in [-0.2, -0.15) is 0 Å². The average Bonchev–Trinajstić information content (AvgIpc) is 2.43. The average molecular weight is 298 g/mol. The third kappa shape index (κ3) is 4.87. The molecule has 0 aliphatic heterocycles. The molecule has 0 saturated carbocycles. The monoisotopic (exact) mass is 298 g/mol. The summed E-state index contributed by atoms with van der Waals surface area (Å²) in [6.45, 7) is 5.98. The predicted molar refractivity (Wildman–Crippen MR) is 94.8 cm³/mol. The fourth-order valence-electron chi connectivity index (χ4n) is 2.56. The number of rotatable bonds is 6. The second kappa shape index (κ2) is 7.23. The van der Waals surface area contributed by atoms with E-state index in [2.05, 4.69) is 61.2 Å². The Morgan fingerprint density at radius 3 is 2.24 bits per heavy atom. The van der Waals surface area contributed by atoms with E-state index in [-0.39, 0.29) is 0 Å². The van der Waals surface area contributed by atoms with Gasteiger partial charge in [0, 0.05) is 25.2 Å². The van der Waals surface area contributed by atoms with Gasteiger partial charge in [0.25, 0.3) is 0 Å². The van der Waals surface area contributed by atoms with Crippen molar-refractivity contribution in [3.05, 3.63) is 65.2 Å². The number of hydrogen-bond donors (Lipinski definition) is 1. The molecule has 0 saturated heterocycles. The highest BCUT2D eigenvalue weighted by Crippen LogP contribution is 2.18. The molecule has 0 heterocycles. The SMILES string of the molecule is Cc1cc(C)cc(CN(CCC(N)=S)c2ccccc2)c1. The number of aryl methyl sites for hydroxylation is 2. The molecule has 0 unspecified atom stereocenters. The zero-order chi connectivity index (χ0) is 15.2. The number of nitrogens with zero attached hydrogens (tertiary/aromatic N) is 1. The summed E-state index contributed by atoms with van der Waals surface area (Å²) in [4.78, 5) is 2.89. The van der Waals surface area contributed by atoms with Gasteiger partial charge >= 0.3 is 0 Å². The molecule has 0 aromatic heterocycles. The largest absolute Gasteiger partial charge is 0.393 e. The van der Waals surface area contributed by atoms with E-state index >= 15 is 0 Å². The van der Waals surface area contributed by atoms with Crippen molar-refractivity contribution in [1.29, 1.82) is 0 Å². The molecule has 0 radical (unpaired) electrons. The van der Waals surface area contributed by atoms with Gasteiger partial charge in [-0.25, -0.2) is 0 Å². The molecule has 3 heteroatoms. The van der Waals surface area contributed by atoms with Crippen LogP contribution in [-0.2, 0) is 6.54 Å². The summed E-state index contributed by atoms with van der Waals surface area (Å²) >= 11 is 5.02. The van der Waals surface area contributed by atoms with E-state index in [1.54, 1.807) is 0 Å². The molecule has 2 rings (SSSR count). The van der Waals surface area contributed by atoms with Crippen LogP contribution in [0.4, 0.5) is 5.69 Å². The molecule has 21 heavy (non-hydrogen) atoms. The second-order valence-electron chi connectivity index (χ2n) is 5.47. The van der Waals surface area contributed by atoms with Gasteiger partial charge in [-0.3, -0.25) is 0 Å². The maximum absolute atomic E-state index is 5.67. The first-order valence-corrected chi connectivity index (χ1v) is 7.61. The smallest absolute Gasteiger partial charge is 0.0745 e. The normalized spacial score (nSPS) is 10.4. The van der Waals surface area contributed by atoms with Gasteiger partial charge < -0.3 is 10.6 Å².